The third kappa shape index (κ3) is 3.39. The van der Waals surface area contributed by atoms with Gasteiger partial charge in [0.15, 0.2) is 0 Å². The molecule has 2 aliphatic rings. The van der Waals surface area contributed by atoms with Gasteiger partial charge < -0.3 is 19.4 Å². The summed E-state index contributed by atoms with van der Waals surface area (Å²) < 4.78 is 18.2. The van der Waals surface area contributed by atoms with E-state index in [0.29, 0.717) is 5.88 Å². The summed E-state index contributed by atoms with van der Waals surface area (Å²) >= 11 is 0. The Morgan fingerprint density at radius 3 is 2.52 bits per heavy atom. The van der Waals surface area contributed by atoms with Crippen LogP contribution < -0.4 is 15.5 Å². The number of nitrogens with one attached hydrogen (secondary N) is 1. The van der Waals surface area contributed by atoms with Gasteiger partial charge >= 0.3 is 7.12 Å². The van der Waals surface area contributed by atoms with Gasteiger partial charge in [0.05, 0.1) is 11.2 Å². The summed E-state index contributed by atoms with van der Waals surface area (Å²) in [6.07, 6.45) is 4.25. The SMILES string of the molecule is Cc1cc(O[C@H]2CCCNC2)ncc1B1OC(C)(C)C(C)(C)O1. The van der Waals surface area contributed by atoms with Crippen LogP contribution in [0, 0.1) is 6.92 Å². The molecule has 0 aliphatic carbocycles. The van der Waals surface area contributed by atoms with Crippen molar-refractivity contribution in [1.29, 1.82) is 0 Å². The lowest BCUT2D eigenvalue weighted by atomic mass is 9.77. The topological polar surface area (TPSA) is 52.6 Å². The Labute approximate surface area is 139 Å². The molecular weight excluding hydrogens is 291 g/mol. The minimum Gasteiger partial charge on any atom is -0.473 e. The van der Waals surface area contributed by atoms with Crippen LogP contribution in [0.5, 0.6) is 5.88 Å². The molecule has 5 nitrogen and oxygen atoms in total. The van der Waals surface area contributed by atoms with Crippen molar-refractivity contribution < 1.29 is 14.0 Å². The lowest BCUT2D eigenvalue weighted by molar-refractivity contribution is 0.00578. The number of hydrogen-bond donors (Lipinski definition) is 1. The van der Waals surface area contributed by atoms with E-state index in [2.05, 4.69) is 38.0 Å². The highest BCUT2D eigenvalue weighted by Gasteiger charge is 2.52. The Bertz CT molecular complexity index is 555. The molecule has 0 radical (unpaired) electrons. The molecule has 0 bridgehead atoms. The Hall–Kier alpha value is -1.11. The van der Waals surface area contributed by atoms with Gasteiger partial charge in [-0.05, 0) is 59.6 Å². The first kappa shape index (κ1) is 16.7. The van der Waals surface area contributed by atoms with E-state index in [1.807, 2.05) is 19.2 Å². The molecule has 0 unspecified atom stereocenters. The van der Waals surface area contributed by atoms with Gasteiger partial charge in [-0.25, -0.2) is 4.98 Å². The molecule has 1 atom stereocenters. The predicted molar refractivity (Wildman–Crippen MR) is 91.2 cm³/mol. The van der Waals surface area contributed by atoms with Gasteiger partial charge in [0.2, 0.25) is 5.88 Å². The number of hydrogen-bond acceptors (Lipinski definition) is 5. The van der Waals surface area contributed by atoms with Gasteiger partial charge in [-0.3, -0.25) is 0 Å². The van der Waals surface area contributed by atoms with Crippen molar-refractivity contribution in [3.63, 3.8) is 0 Å². The molecule has 126 valence electrons. The van der Waals surface area contributed by atoms with Crippen LogP contribution >= 0.6 is 0 Å². The van der Waals surface area contributed by atoms with Crippen molar-refractivity contribution in [2.45, 2.75) is 64.8 Å². The van der Waals surface area contributed by atoms with E-state index in [-0.39, 0.29) is 24.4 Å². The van der Waals surface area contributed by atoms with Crippen molar-refractivity contribution in [2.24, 2.45) is 0 Å². The van der Waals surface area contributed by atoms with E-state index >= 15 is 0 Å². The van der Waals surface area contributed by atoms with Crippen LogP contribution in [0.4, 0.5) is 0 Å². The quantitative estimate of drug-likeness (QED) is 0.862. The Kier molecular flexibility index (Phi) is 4.42. The molecule has 3 heterocycles. The average molecular weight is 318 g/mol. The van der Waals surface area contributed by atoms with E-state index in [1.165, 1.54) is 0 Å². The second-order valence-electron chi connectivity index (χ2n) is 7.55. The highest BCUT2D eigenvalue weighted by Crippen LogP contribution is 2.36. The van der Waals surface area contributed by atoms with Gasteiger partial charge in [0.1, 0.15) is 6.10 Å². The maximum absolute atomic E-state index is 6.11. The van der Waals surface area contributed by atoms with E-state index in [9.17, 15) is 0 Å². The molecule has 0 saturated carbocycles. The number of rotatable bonds is 3. The molecular formula is C17H27BN2O3. The van der Waals surface area contributed by atoms with Crippen LogP contribution in [-0.2, 0) is 9.31 Å². The molecule has 1 N–H and O–H groups in total. The fourth-order valence-electron chi connectivity index (χ4n) is 2.91. The largest absolute Gasteiger partial charge is 0.496 e. The molecule has 1 aromatic heterocycles. The molecule has 1 aromatic rings. The highest BCUT2D eigenvalue weighted by atomic mass is 16.7. The van der Waals surface area contributed by atoms with Gasteiger partial charge in [-0.1, -0.05) is 0 Å². The number of nitrogens with zero attached hydrogens (tertiary/aromatic N) is 1. The van der Waals surface area contributed by atoms with Crippen LogP contribution in [0.1, 0.15) is 46.1 Å². The minimum absolute atomic E-state index is 0.207. The predicted octanol–water partition coefficient (Wildman–Crippen LogP) is 1.82. The lowest BCUT2D eigenvalue weighted by Gasteiger charge is -2.32. The van der Waals surface area contributed by atoms with Crippen molar-refractivity contribution in [3.05, 3.63) is 17.8 Å². The summed E-state index contributed by atoms with van der Waals surface area (Å²) in [6, 6.07) is 1.98. The zero-order valence-corrected chi connectivity index (χ0v) is 14.8. The number of piperidine rings is 1. The lowest BCUT2D eigenvalue weighted by Crippen LogP contribution is -2.41. The summed E-state index contributed by atoms with van der Waals surface area (Å²) in [5.41, 5.74) is 1.37. The summed E-state index contributed by atoms with van der Waals surface area (Å²) in [5, 5.41) is 3.35. The summed E-state index contributed by atoms with van der Waals surface area (Å²) in [6.45, 7) is 12.3. The summed E-state index contributed by atoms with van der Waals surface area (Å²) in [4.78, 5) is 4.46. The van der Waals surface area contributed by atoms with Gasteiger partial charge in [-0.2, -0.15) is 0 Å². The van der Waals surface area contributed by atoms with Crippen molar-refractivity contribution >= 4 is 12.6 Å². The van der Waals surface area contributed by atoms with E-state index in [0.717, 1.165) is 37.0 Å². The monoisotopic (exact) mass is 318 g/mol. The normalized spacial score (nSPS) is 26.3. The zero-order valence-electron chi connectivity index (χ0n) is 14.8. The third-order valence-corrected chi connectivity index (χ3v) is 5.17. The zero-order chi connectivity index (χ0) is 16.7. The Morgan fingerprint density at radius 2 is 1.96 bits per heavy atom. The van der Waals surface area contributed by atoms with E-state index in [1.54, 1.807) is 0 Å². The fraction of sp³-hybridized carbons (Fsp3) is 0.706. The maximum atomic E-state index is 6.11. The molecule has 0 aromatic carbocycles. The molecule has 6 heteroatoms. The van der Waals surface area contributed by atoms with Crippen molar-refractivity contribution in [1.82, 2.24) is 10.3 Å². The molecule has 0 amide bonds. The average Bonchev–Trinajstić information content (AvgIpc) is 2.68. The Balaban J connectivity index is 1.72. The Morgan fingerprint density at radius 1 is 1.26 bits per heavy atom. The second-order valence-corrected chi connectivity index (χ2v) is 7.55. The summed E-state index contributed by atoms with van der Waals surface area (Å²) in [5.74, 6) is 0.677. The van der Waals surface area contributed by atoms with E-state index < -0.39 is 0 Å². The minimum atomic E-state index is -0.377. The first-order valence-electron chi connectivity index (χ1n) is 8.48. The van der Waals surface area contributed by atoms with Crippen LogP contribution in [0.25, 0.3) is 0 Å². The third-order valence-electron chi connectivity index (χ3n) is 5.17. The van der Waals surface area contributed by atoms with Crippen molar-refractivity contribution in [2.75, 3.05) is 13.1 Å². The van der Waals surface area contributed by atoms with Crippen LogP contribution in [0.15, 0.2) is 12.3 Å². The van der Waals surface area contributed by atoms with Crippen LogP contribution in [-0.4, -0.2) is 42.5 Å². The highest BCUT2D eigenvalue weighted by molar-refractivity contribution is 6.62. The number of ether oxygens (including phenoxy) is 1. The van der Waals surface area contributed by atoms with E-state index in [4.69, 9.17) is 14.0 Å². The molecule has 2 aliphatic heterocycles. The van der Waals surface area contributed by atoms with Crippen LogP contribution in [0.2, 0.25) is 0 Å². The van der Waals surface area contributed by atoms with Crippen molar-refractivity contribution in [3.8, 4) is 5.88 Å². The molecule has 2 fully saturated rings. The van der Waals surface area contributed by atoms with Gasteiger partial charge in [0, 0.05) is 24.3 Å². The molecule has 0 spiro atoms. The first-order chi connectivity index (χ1) is 10.8. The number of aryl methyl sites for hydroxylation is 1. The maximum Gasteiger partial charge on any atom is 0.496 e. The number of aromatic nitrogens is 1. The molecule has 3 rings (SSSR count). The molecule has 2 saturated heterocycles. The van der Waals surface area contributed by atoms with Gasteiger partial charge in [-0.15, -0.1) is 0 Å². The summed E-state index contributed by atoms with van der Waals surface area (Å²) in [7, 11) is -0.377. The molecule has 23 heavy (non-hydrogen) atoms. The first-order valence-corrected chi connectivity index (χ1v) is 8.48. The standard InChI is InChI=1S/C17H27BN2O3/c1-12-9-15(21-13-7-6-8-19-10-13)20-11-14(12)18-22-16(2,3)17(4,5)23-18/h9,11,13,19H,6-8,10H2,1-5H3/t13-/m0/s1. The smallest absolute Gasteiger partial charge is 0.473 e. The second kappa shape index (κ2) is 6.08. The number of pyridine rings is 1. The van der Waals surface area contributed by atoms with Gasteiger partial charge in [0.25, 0.3) is 0 Å². The van der Waals surface area contributed by atoms with Crippen LogP contribution in [0.3, 0.4) is 0 Å². The fourth-order valence-corrected chi connectivity index (χ4v) is 2.91.